The Morgan fingerprint density at radius 1 is 1.04 bits per heavy atom. The number of hydrogen-bond acceptors (Lipinski definition) is 5. The first kappa shape index (κ1) is 19.8. The van der Waals surface area contributed by atoms with Gasteiger partial charge in [-0.1, -0.05) is 30.3 Å². The number of esters is 1. The third-order valence-corrected chi connectivity index (χ3v) is 4.66. The Labute approximate surface area is 158 Å². The molecule has 0 bridgehead atoms. The maximum atomic E-state index is 11.9. The molecule has 0 aliphatic rings. The van der Waals surface area contributed by atoms with Crippen LogP contribution in [-0.2, 0) is 15.3 Å². The van der Waals surface area contributed by atoms with E-state index in [9.17, 15) is 9.59 Å². The second-order valence-electron chi connectivity index (χ2n) is 5.91. The highest BCUT2D eigenvalue weighted by Crippen LogP contribution is 2.13. The molecule has 2 aromatic carbocycles. The van der Waals surface area contributed by atoms with E-state index >= 15 is 0 Å². The Morgan fingerprint density at radius 3 is 2.38 bits per heavy atom. The van der Waals surface area contributed by atoms with Crippen molar-refractivity contribution in [2.75, 3.05) is 37.9 Å². The van der Waals surface area contributed by atoms with Crippen LogP contribution in [0.5, 0.6) is 0 Å². The maximum Gasteiger partial charge on any atom is 0.338 e. The minimum atomic E-state index is -0.496. The number of amides is 1. The molecule has 0 aliphatic carbocycles. The zero-order valence-electron chi connectivity index (χ0n) is 15.1. The van der Waals surface area contributed by atoms with E-state index in [-0.39, 0.29) is 12.5 Å². The van der Waals surface area contributed by atoms with Gasteiger partial charge < -0.3 is 15.0 Å². The number of anilines is 1. The van der Waals surface area contributed by atoms with E-state index in [0.717, 1.165) is 17.2 Å². The summed E-state index contributed by atoms with van der Waals surface area (Å²) in [6.07, 6.45) is 0. The van der Waals surface area contributed by atoms with Crippen LogP contribution in [0, 0.1) is 0 Å². The summed E-state index contributed by atoms with van der Waals surface area (Å²) in [7, 11) is 3.85. The summed E-state index contributed by atoms with van der Waals surface area (Å²) in [4.78, 5) is 25.6. The van der Waals surface area contributed by atoms with Crippen LogP contribution in [0.4, 0.5) is 5.69 Å². The van der Waals surface area contributed by atoms with Crippen molar-refractivity contribution >= 4 is 29.3 Å². The van der Waals surface area contributed by atoms with Gasteiger partial charge in [0.2, 0.25) is 0 Å². The van der Waals surface area contributed by atoms with E-state index in [0.29, 0.717) is 12.1 Å². The number of thioether (sulfide) groups is 1. The van der Waals surface area contributed by atoms with Gasteiger partial charge in [-0.05, 0) is 29.8 Å². The van der Waals surface area contributed by atoms with Gasteiger partial charge in [0, 0.05) is 37.8 Å². The molecule has 6 heteroatoms. The average Bonchev–Trinajstić information content (AvgIpc) is 2.66. The number of hydrogen-bond donors (Lipinski definition) is 1. The summed E-state index contributed by atoms with van der Waals surface area (Å²) >= 11 is 1.75. The Kier molecular flexibility index (Phi) is 8.02. The van der Waals surface area contributed by atoms with Gasteiger partial charge in [0.25, 0.3) is 5.91 Å². The fourth-order valence-electron chi connectivity index (χ4n) is 2.19. The summed E-state index contributed by atoms with van der Waals surface area (Å²) in [5, 5.41) is 2.76. The molecule has 0 fully saturated rings. The first-order valence-electron chi connectivity index (χ1n) is 8.39. The van der Waals surface area contributed by atoms with E-state index in [1.54, 1.807) is 23.9 Å². The van der Waals surface area contributed by atoms with Gasteiger partial charge in [-0.15, -0.1) is 0 Å². The Bertz CT molecular complexity index is 703. The molecule has 1 amide bonds. The zero-order chi connectivity index (χ0) is 18.8. The van der Waals surface area contributed by atoms with Crippen molar-refractivity contribution in [2.24, 2.45) is 0 Å². The minimum Gasteiger partial charge on any atom is -0.452 e. The molecule has 0 saturated carbocycles. The molecule has 0 heterocycles. The Hall–Kier alpha value is -2.47. The Balaban J connectivity index is 1.61. The highest BCUT2D eigenvalue weighted by Gasteiger charge is 2.10. The number of rotatable bonds is 9. The molecule has 0 saturated heterocycles. The van der Waals surface area contributed by atoms with Crippen LogP contribution in [-0.4, -0.2) is 44.9 Å². The summed E-state index contributed by atoms with van der Waals surface area (Å²) in [6, 6.07) is 17.2. The molecule has 0 radical (unpaired) electrons. The molecule has 0 atom stereocenters. The van der Waals surface area contributed by atoms with Crippen molar-refractivity contribution < 1.29 is 14.3 Å². The highest BCUT2D eigenvalue weighted by atomic mass is 32.2. The predicted molar refractivity (Wildman–Crippen MR) is 107 cm³/mol. The second-order valence-corrected chi connectivity index (χ2v) is 7.01. The van der Waals surface area contributed by atoms with Crippen molar-refractivity contribution in [2.45, 2.75) is 5.75 Å². The van der Waals surface area contributed by atoms with Crippen molar-refractivity contribution in [3.63, 3.8) is 0 Å². The van der Waals surface area contributed by atoms with Crippen LogP contribution in [0.2, 0.25) is 0 Å². The summed E-state index contributed by atoms with van der Waals surface area (Å²) in [5.74, 6) is 0.933. The van der Waals surface area contributed by atoms with Gasteiger partial charge in [0.05, 0.1) is 5.56 Å². The maximum absolute atomic E-state index is 11.9. The van der Waals surface area contributed by atoms with Gasteiger partial charge in [-0.25, -0.2) is 4.79 Å². The SMILES string of the molecule is CN(C)c1ccc(C(=O)OCC(=O)NCCSCc2ccccc2)cc1. The van der Waals surface area contributed by atoms with Crippen molar-refractivity contribution in [3.05, 3.63) is 65.7 Å². The molecular formula is C20H24N2O3S. The number of nitrogens with one attached hydrogen (secondary N) is 1. The van der Waals surface area contributed by atoms with Crippen LogP contribution in [0.25, 0.3) is 0 Å². The Morgan fingerprint density at radius 2 is 1.73 bits per heavy atom. The monoisotopic (exact) mass is 372 g/mol. The lowest BCUT2D eigenvalue weighted by Gasteiger charge is -2.12. The van der Waals surface area contributed by atoms with Crippen LogP contribution >= 0.6 is 11.8 Å². The van der Waals surface area contributed by atoms with E-state index in [1.165, 1.54) is 5.56 Å². The molecule has 2 rings (SSSR count). The summed E-state index contributed by atoms with van der Waals surface area (Å²) in [6.45, 7) is 0.281. The number of nitrogens with zero attached hydrogens (tertiary/aromatic N) is 1. The second kappa shape index (κ2) is 10.5. The normalized spacial score (nSPS) is 10.2. The zero-order valence-corrected chi connectivity index (χ0v) is 15.9. The first-order valence-corrected chi connectivity index (χ1v) is 9.54. The molecule has 0 unspecified atom stereocenters. The van der Waals surface area contributed by atoms with Gasteiger partial charge in [-0.2, -0.15) is 11.8 Å². The fraction of sp³-hybridized carbons (Fsp3) is 0.300. The third-order valence-electron chi connectivity index (χ3n) is 3.63. The van der Waals surface area contributed by atoms with Crippen LogP contribution in [0.1, 0.15) is 15.9 Å². The number of carbonyl (C=O) groups excluding carboxylic acids is 2. The van der Waals surface area contributed by atoms with Gasteiger partial charge in [0.15, 0.2) is 6.61 Å². The van der Waals surface area contributed by atoms with E-state index < -0.39 is 5.97 Å². The smallest absolute Gasteiger partial charge is 0.338 e. The molecule has 0 aromatic heterocycles. The molecule has 138 valence electrons. The van der Waals surface area contributed by atoms with Crippen molar-refractivity contribution in [3.8, 4) is 0 Å². The van der Waals surface area contributed by atoms with Crippen LogP contribution < -0.4 is 10.2 Å². The third kappa shape index (κ3) is 6.80. The molecule has 26 heavy (non-hydrogen) atoms. The van der Waals surface area contributed by atoms with Gasteiger partial charge >= 0.3 is 5.97 Å². The fourth-order valence-corrected chi connectivity index (χ4v) is 3.01. The lowest BCUT2D eigenvalue weighted by atomic mass is 10.2. The number of benzene rings is 2. The molecule has 2 aromatic rings. The van der Waals surface area contributed by atoms with Crippen molar-refractivity contribution in [1.29, 1.82) is 0 Å². The minimum absolute atomic E-state index is 0.266. The summed E-state index contributed by atoms with van der Waals surface area (Å²) < 4.78 is 5.05. The van der Waals surface area contributed by atoms with Crippen LogP contribution in [0.3, 0.4) is 0 Å². The molecule has 1 N–H and O–H groups in total. The van der Waals surface area contributed by atoms with E-state index in [2.05, 4.69) is 17.4 Å². The van der Waals surface area contributed by atoms with Crippen LogP contribution in [0.15, 0.2) is 54.6 Å². The molecule has 0 aliphatic heterocycles. The molecule has 5 nitrogen and oxygen atoms in total. The lowest BCUT2D eigenvalue weighted by Crippen LogP contribution is -2.30. The quantitative estimate of drug-likeness (QED) is 0.542. The molecule has 0 spiro atoms. The number of carbonyl (C=O) groups is 2. The number of ether oxygens (including phenoxy) is 1. The average molecular weight is 372 g/mol. The highest BCUT2D eigenvalue weighted by molar-refractivity contribution is 7.98. The lowest BCUT2D eigenvalue weighted by molar-refractivity contribution is -0.124. The predicted octanol–water partition coefficient (Wildman–Crippen LogP) is 2.96. The van der Waals surface area contributed by atoms with Gasteiger partial charge in [-0.3, -0.25) is 4.79 Å². The summed E-state index contributed by atoms with van der Waals surface area (Å²) in [5.41, 5.74) is 2.69. The largest absolute Gasteiger partial charge is 0.452 e. The first-order chi connectivity index (χ1) is 12.6. The van der Waals surface area contributed by atoms with Gasteiger partial charge in [0.1, 0.15) is 0 Å². The van der Waals surface area contributed by atoms with Crippen molar-refractivity contribution in [1.82, 2.24) is 5.32 Å². The van der Waals surface area contributed by atoms with E-state index in [1.807, 2.05) is 49.3 Å². The molecular weight excluding hydrogens is 348 g/mol. The van der Waals surface area contributed by atoms with E-state index in [4.69, 9.17) is 4.74 Å². The topological polar surface area (TPSA) is 58.6 Å². The standard InChI is InChI=1S/C20H24N2O3S/c1-22(2)18-10-8-17(9-11-18)20(24)25-14-19(23)21-12-13-26-15-16-6-4-3-5-7-16/h3-11H,12-15H2,1-2H3,(H,21,23).